The maximum Gasteiger partial charge on any atom is 0.208 e. The van der Waals surface area contributed by atoms with Gasteiger partial charge in [0.1, 0.15) is 12.3 Å². The monoisotopic (exact) mass is 185 g/mol. The number of aromatic nitrogens is 1. The quantitative estimate of drug-likeness (QED) is 0.631. The lowest BCUT2D eigenvalue weighted by molar-refractivity contribution is -0.115. The van der Waals surface area contributed by atoms with Crippen molar-refractivity contribution in [1.82, 2.24) is 10.3 Å². The fourth-order valence-corrected chi connectivity index (χ4v) is 1.31. The van der Waals surface area contributed by atoms with Crippen LogP contribution in [0.1, 0.15) is 11.7 Å². The number of anilines is 1. The molecule has 5 nitrogen and oxygen atoms in total. The summed E-state index contributed by atoms with van der Waals surface area (Å²) in [6.45, 7) is 0. The largest absolute Gasteiger partial charge is 0.375 e. The standard InChI is InChI=1S/C6H7N3O2S/c7-6-9-5(2-12-6)4(1-10)8-3-11/h1-4H,(H2,7,9)(H,8,11). The summed E-state index contributed by atoms with van der Waals surface area (Å²) in [4.78, 5) is 24.3. The van der Waals surface area contributed by atoms with Crippen LogP contribution in [0.15, 0.2) is 5.38 Å². The van der Waals surface area contributed by atoms with Crippen LogP contribution in [-0.2, 0) is 9.59 Å². The maximum absolute atomic E-state index is 10.4. The molecule has 12 heavy (non-hydrogen) atoms. The Morgan fingerprint density at radius 1 is 1.67 bits per heavy atom. The average molecular weight is 185 g/mol. The van der Waals surface area contributed by atoms with Crippen LogP contribution in [0.3, 0.4) is 0 Å². The highest BCUT2D eigenvalue weighted by Crippen LogP contribution is 2.16. The van der Waals surface area contributed by atoms with Crippen LogP contribution in [0, 0.1) is 0 Å². The number of carbonyl (C=O) groups is 2. The molecule has 1 aromatic rings. The summed E-state index contributed by atoms with van der Waals surface area (Å²) in [5.41, 5.74) is 5.81. The van der Waals surface area contributed by atoms with E-state index in [0.29, 0.717) is 23.5 Å². The highest BCUT2D eigenvalue weighted by molar-refractivity contribution is 7.13. The van der Waals surface area contributed by atoms with Crippen molar-refractivity contribution in [2.45, 2.75) is 6.04 Å². The SMILES string of the molecule is Nc1nc(C(C=O)NC=O)cs1. The number of nitrogens with zero attached hydrogens (tertiary/aromatic N) is 1. The van der Waals surface area contributed by atoms with Crippen molar-refractivity contribution in [3.05, 3.63) is 11.1 Å². The smallest absolute Gasteiger partial charge is 0.208 e. The number of thiazole rings is 1. The fourth-order valence-electron chi connectivity index (χ4n) is 0.711. The molecule has 1 rings (SSSR count). The fraction of sp³-hybridized carbons (Fsp3) is 0.167. The summed E-state index contributed by atoms with van der Waals surface area (Å²) >= 11 is 1.23. The Balaban J connectivity index is 2.78. The van der Waals surface area contributed by atoms with Gasteiger partial charge < -0.3 is 15.8 Å². The molecule has 1 aromatic heterocycles. The third-order valence-electron chi connectivity index (χ3n) is 1.24. The molecule has 0 aromatic carbocycles. The summed E-state index contributed by atoms with van der Waals surface area (Å²) in [5.74, 6) is 0. The van der Waals surface area contributed by atoms with E-state index in [4.69, 9.17) is 5.73 Å². The molecular formula is C6H7N3O2S. The van der Waals surface area contributed by atoms with Gasteiger partial charge in [-0.05, 0) is 0 Å². The third-order valence-corrected chi connectivity index (χ3v) is 1.93. The molecule has 0 saturated heterocycles. The molecule has 1 heterocycles. The number of hydrogen-bond acceptors (Lipinski definition) is 5. The summed E-state index contributed by atoms with van der Waals surface area (Å²) in [5, 5.41) is 4.31. The van der Waals surface area contributed by atoms with E-state index in [2.05, 4.69) is 10.3 Å². The summed E-state index contributed by atoms with van der Waals surface area (Å²) in [6, 6.07) is -0.684. The Morgan fingerprint density at radius 3 is 2.83 bits per heavy atom. The molecule has 64 valence electrons. The molecule has 0 spiro atoms. The normalized spacial score (nSPS) is 12.0. The van der Waals surface area contributed by atoms with Crippen LogP contribution in [-0.4, -0.2) is 17.7 Å². The zero-order chi connectivity index (χ0) is 8.97. The molecule has 1 atom stereocenters. The summed E-state index contributed by atoms with van der Waals surface area (Å²) in [6.07, 6.45) is 1.05. The Labute approximate surface area is 72.6 Å². The molecule has 0 radical (unpaired) electrons. The van der Waals surface area contributed by atoms with Crippen molar-refractivity contribution in [2.24, 2.45) is 0 Å². The maximum atomic E-state index is 10.4. The van der Waals surface area contributed by atoms with Crippen LogP contribution < -0.4 is 11.1 Å². The van der Waals surface area contributed by atoms with E-state index in [1.807, 2.05) is 0 Å². The van der Waals surface area contributed by atoms with Gasteiger partial charge >= 0.3 is 0 Å². The van der Waals surface area contributed by atoms with Crippen LogP contribution >= 0.6 is 11.3 Å². The Kier molecular flexibility index (Phi) is 2.76. The molecule has 0 bridgehead atoms. The van der Waals surface area contributed by atoms with Crippen molar-refractivity contribution in [3.8, 4) is 0 Å². The lowest BCUT2D eigenvalue weighted by Crippen LogP contribution is -2.20. The van der Waals surface area contributed by atoms with Gasteiger partial charge in [0, 0.05) is 5.38 Å². The first-order chi connectivity index (χ1) is 5.77. The molecule has 3 N–H and O–H groups in total. The highest BCUT2D eigenvalue weighted by Gasteiger charge is 2.11. The second-order valence-electron chi connectivity index (χ2n) is 2.01. The van der Waals surface area contributed by atoms with E-state index in [1.165, 1.54) is 11.3 Å². The van der Waals surface area contributed by atoms with Crippen molar-refractivity contribution in [2.75, 3.05) is 5.73 Å². The van der Waals surface area contributed by atoms with Crippen molar-refractivity contribution in [3.63, 3.8) is 0 Å². The van der Waals surface area contributed by atoms with Gasteiger partial charge in [0.2, 0.25) is 6.41 Å². The molecule has 0 saturated carbocycles. The Morgan fingerprint density at radius 2 is 2.42 bits per heavy atom. The molecule has 0 aliphatic heterocycles. The first-order valence-corrected chi connectivity index (χ1v) is 4.01. The minimum absolute atomic E-state index is 0.379. The van der Waals surface area contributed by atoms with Crippen LogP contribution in [0.4, 0.5) is 5.13 Å². The van der Waals surface area contributed by atoms with Crippen LogP contribution in [0.5, 0.6) is 0 Å². The zero-order valence-corrected chi connectivity index (χ0v) is 6.88. The van der Waals surface area contributed by atoms with Gasteiger partial charge in [0.25, 0.3) is 0 Å². The van der Waals surface area contributed by atoms with Gasteiger partial charge in [-0.1, -0.05) is 0 Å². The number of aldehydes is 1. The predicted octanol–water partition coefficient (Wildman–Crippen LogP) is -0.289. The first-order valence-electron chi connectivity index (χ1n) is 3.14. The molecule has 1 unspecified atom stereocenters. The number of carbonyl (C=O) groups excluding carboxylic acids is 2. The Hall–Kier alpha value is -1.43. The highest BCUT2D eigenvalue weighted by atomic mass is 32.1. The zero-order valence-electron chi connectivity index (χ0n) is 6.06. The van der Waals surface area contributed by atoms with Crippen molar-refractivity contribution < 1.29 is 9.59 Å². The third kappa shape index (κ3) is 1.79. The lowest BCUT2D eigenvalue weighted by Gasteiger charge is -2.03. The number of hydrogen-bond donors (Lipinski definition) is 2. The van der Waals surface area contributed by atoms with Crippen LogP contribution in [0.2, 0.25) is 0 Å². The van der Waals surface area contributed by atoms with E-state index >= 15 is 0 Å². The lowest BCUT2D eigenvalue weighted by atomic mass is 10.3. The van der Waals surface area contributed by atoms with E-state index in [0.717, 1.165) is 0 Å². The first kappa shape index (κ1) is 8.66. The van der Waals surface area contributed by atoms with Gasteiger partial charge in [-0.2, -0.15) is 0 Å². The molecule has 0 fully saturated rings. The van der Waals surface area contributed by atoms with Gasteiger partial charge in [-0.25, -0.2) is 4.98 Å². The predicted molar refractivity (Wildman–Crippen MR) is 44.5 cm³/mol. The van der Waals surface area contributed by atoms with E-state index in [-0.39, 0.29) is 0 Å². The molecular weight excluding hydrogens is 178 g/mol. The minimum atomic E-state index is -0.684. The summed E-state index contributed by atoms with van der Waals surface area (Å²) < 4.78 is 0. The molecule has 6 heteroatoms. The van der Waals surface area contributed by atoms with Crippen molar-refractivity contribution >= 4 is 29.2 Å². The number of rotatable bonds is 4. The van der Waals surface area contributed by atoms with Crippen molar-refractivity contribution in [1.29, 1.82) is 0 Å². The van der Waals surface area contributed by atoms with E-state index in [9.17, 15) is 9.59 Å². The minimum Gasteiger partial charge on any atom is -0.375 e. The van der Waals surface area contributed by atoms with Crippen LogP contribution in [0.25, 0.3) is 0 Å². The second kappa shape index (κ2) is 3.82. The number of nitrogens with two attached hydrogens (primary N) is 1. The van der Waals surface area contributed by atoms with Gasteiger partial charge in [-0.3, -0.25) is 4.79 Å². The molecule has 0 aliphatic carbocycles. The average Bonchev–Trinajstić information content (AvgIpc) is 2.47. The van der Waals surface area contributed by atoms with Gasteiger partial charge in [0.15, 0.2) is 5.13 Å². The Bertz CT molecular complexity index is 286. The summed E-state index contributed by atoms with van der Waals surface area (Å²) in [7, 11) is 0. The molecule has 1 amide bonds. The second-order valence-corrected chi connectivity index (χ2v) is 2.90. The van der Waals surface area contributed by atoms with Gasteiger partial charge in [-0.15, -0.1) is 11.3 Å². The van der Waals surface area contributed by atoms with Gasteiger partial charge in [0.05, 0.1) is 5.69 Å². The number of nitrogens with one attached hydrogen (secondary N) is 1. The number of amides is 1. The number of nitrogen functional groups attached to an aromatic ring is 1. The van der Waals surface area contributed by atoms with E-state index in [1.54, 1.807) is 5.38 Å². The topological polar surface area (TPSA) is 85.1 Å². The molecule has 0 aliphatic rings. The van der Waals surface area contributed by atoms with E-state index < -0.39 is 6.04 Å².